The molecule has 0 spiro atoms. The fourth-order valence-corrected chi connectivity index (χ4v) is 4.68. The molecule has 4 rings (SSSR count). The predicted molar refractivity (Wildman–Crippen MR) is 121 cm³/mol. The average Bonchev–Trinajstić information content (AvgIpc) is 3.35. The molecule has 1 aliphatic heterocycles. The molecule has 0 unspecified atom stereocenters. The van der Waals surface area contributed by atoms with Gasteiger partial charge in [0.2, 0.25) is 11.8 Å². The van der Waals surface area contributed by atoms with E-state index in [0.29, 0.717) is 11.7 Å². The van der Waals surface area contributed by atoms with Gasteiger partial charge in [-0.1, -0.05) is 29.8 Å². The van der Waals surface area contributed by atoms with Crippen molar-refractivity contribution in [2.24, 2.45) is 5.92 Å². The summed E-state index contributed by atoms with van der Waals surface area (Å²) in [5.41, 5.74) is 8.85. The number of carbonyl (C=O) groups is 2. The van der Waals surface area contributed by atoms with Gasteiger partial charge in [0.15, 0.2) is 0 Å². The van der Waals surface area contributed by atoms with Gasteiger partial charge in [-0.15, -0.1) is 0 Å². The maximum Gasteiger partial charge on any atom is 0.242 e. The molecule has 1 aromatic heterocycles. The SMILES string of the molecule is C[C@H](NC(=O)[C@H]1C[C@H](Cc2cccc(Cl)c2)CN1)C(=O)N[C@@H]1CCc2nc(N)ccc21. The van der Waals surface area contributed by atoms with Gasteiger partial charge in [0.05, 0.1) is 12.1 Å². The Hall–Kier alpha value is -2.64. The largest absolute Gasteiger partial charge is 0.384 e. The first-order valence-electron chi connectivity index (χ1n) is 10.7. The molecule has 2 aliphatic rings. The molecule has 0 radical (unpaired) electrons. The predicted octanol–water partition coefficient (Wildman–Crippen LogP) is 2.15. The highest BCUT2D eigenvalue weighted by Gasteiger charge is 2.32. The van der Waals surface area contributed by atoms with Gasteiger partial charge in [-0.25, -0.2) is 4.98 Å². The Morgan fingerprint density at radius 2 is 2.16 bits per heavy atom. The number of aryl methyl sites for hydroxylation is 1. The zero-order valence-corrected chi connectivity index (χ0v) is 18.3. The third-order valence-corrected chi connectivity index (χ3v) is 6.33. The number of nitrogens with two attached hydrogens (primary N) is 1. The van der Waals surface area contributed by atoms with Crippen LogP contribution in [0.15, 0.2) is 36.4 Å². The molecule has 1 fully saturated rings. The molecule has 2 heterocycles. The van der Waals surface area contributed by atoms with E-state index in [1.54, 1.807) is 13.0 Å². The second kappa shape index (κ2) is 9.24. The topological polar surface area (TPSA) is 109 Å². The number of carbonyl (C=O) groups excluding carboxylic acids is 2. The molecule has 2 amide bonds. The monoisotopic (exact) mass is 441 g/mol. The van der Waals surface area contributed by atoms with E-state index in [2.05, 4.69) is 27.0 Å². The van der Waals surface area contributed by atoms with Crippen LogP contribution in [-0.4, -0.2) is 35.4 Å². The van der Waals surface area contributed by atoms with Gasteiger partial charge in [0, 0.05) is 10.7 Å². The number of hydrogen-bond donors (Lipinski definition) is 4. The Bertz CT molecular complexity index is 982. The van der Waals surface area contributed by atoms with Crippen molar-refractivity contribution in [3.63, 3.8) is 0 Å². The molecule has 7 nitrogen and oxygen atoms in total. The fraction of sp³-hybridized carbons (Fsp3) is 0.435. The van der Waals surface area contributed by atoms with Crippen molar-refractivity contribution in [1.82, 2.24) is 20.9 Å². The average molecular weight is 442 g/mol. The normalized spacial score (nSPS) is 23.2. The van der Waals surface area contributed by atoms with E-state index in [9.17, 15) is 9.59 Å². The minimum Gasteiger partial charge on any atom is -0.384 e. The van der Waals surface area contributed by atoms with Crippen LogP contribution in [0, 0.1) is 5.92 Å². The number of benzene rings is 1. The number of nitrogens with zero attached hydrogens (tertiary/aromatic N) is 1. The number of rotatable bonds is 6. The lowest BCUT2D eigenvalue weighted by atomic mass is 9.96. The minimum atomic E-state index is -0.618. The molecule has 31 heavy (non-hydrogen) atoms. The Morgan fingerprint density at radius 1 is 1.32 bits per heavy atom. The second-order valence-electron chi connectivity index (χ2n) is 8.50. The standard InChI is InChI=1S/C23H28ClN5O2/c1-13(22(30)29-19-7-6-18-17(19)5-8-21(25)28-18)27-23(31)20-11-15(12-26-20)9-14-3-2-4-16(24)10-14/h2-5,8,10,13,15,19-20,26H,6-7,9,11-12H2,1H3,(H2,25,28)(H,27,31)(H,29,30)/t13-,15-,19+,20+/m0/s1. The van der Waals surface area contributed by atoms with E-state index in [1.807, 2.05) is 24.3 Å². The fourth-order valence-electron chi connectivity index (χ4n) is 4.47. The highest BCUT2D eigenvalue weighted by molar-refractivity contribution is 6.30. The number of nitrogens with one attached hydrogen (secondary N) is 3. The van der Waals surface area contributed by atoms with Crippen molar-refractivity contribution in [1.29, 1.82) is 0 Å². The first-order valence-corrected chi connectivity index (χ1v) is 11.1. The molecular weight excluding hydrogens is 414 g/mol. The third kappa shape index (κ3) is 5.17. The molecule has 0 bridgehead atoms. The third-order valence-electron chi connectivity index (χ3n) is 6.10. The number of amides is 2. The van der Waals surface area contributed by atoms with Crippen LogP contribution in [0.3, 0.4) is 0 Å². The first-order chi connectivity index (χ1) is 14.9. The number of aromatic nitrogens is 1. The second-order valence-corrected chi connectivity index (χ2v) is 8.94. The smallest absolute Gasteiger partial charge is 0.242 e. The summed E-state index contributed by atoms with van der Waals surface area (Å²) in [6, 6.07) is 10.5. The lowest BCUT2D eigenvalue weighted by Gasteiger charge is -2.20. The van der Waals surface area contributed by atoms with Gasteiger partial charge in [-0.05, 0) is 74.4 Å². The first kappa shape index (κ1) is 21.6. The van der Waals surface area contributed by atoms with E-state index in [0.717, 1.165) is 48.5 Å². The van der Waals surface area contributed by atoms with Gasteiger partial charge >= 0.3 is 0 Å². The van der Waals surface area contributed by atoms with Crippen LogP contribution in [0.1, 0.15) is 42.6 Å². The number of anilines is 1. The molecule has 8 heteroatoms. The number of nitrogen functional groups attached to an aromatic ring is 1. The van der Waals surface area contributed by atoms with Crippen LogP contribution in [0.25, 0.3) is 0 Å². The number of hydrogen-bond acceptors (Lipinski definition) is 5. The summed E-state index contributed by atoms with van der Waals surface area (Å²) >= 11 is 6.07. The highest BCUT2D eigenvalue weighted by Crippen LogP contribution is 2.30. The lowest BCUT2D eigenvalue weighted by molar-refractivity contribution is -0.129. The van der Waals surface area contributed by atoms with E-state index in [4.69, 9.17) is 17.3 Å². The van der Waals surface area contributed by atoms with Crippen molar-refractivity contribution in [2.45, 2.75) is 50.7 Å². The van der Waals surface area contributed by atoms with Crippen molar-refractivity contribution in [3.05, 3.63) is 58.2 Å². The van der Waals surface area contributed by atoms with Crippen molar-refractivity contribution in [3.8, 4) is 0 Å². The lowest BCUT2D eigenvalue weighted by Crippen LogP contribution is -2.50. The summed E-state index contributed by atoms with van der Waals surface area (Å²) in [6.45, 7) is 2.48. The van der Waals surface area contributed by atoms with Gasteiger partial charge in [-0.3, -0.25) is 9.59 Å². The van der Waals surface area contributed by atoms with Gasteiger partial charge in [0.25, 0.3) is 0 Å². The Kier molecular flexibility index (Phi) is 6.43. The maximum atomic E-state index is 12.7. The summed E-state index contributed by atoms with van der Waals surface area (Å²) in [6.07, 6.45) is 3.17. The van der Waals surface area contributed by atoms with Crippen LogP contribution < -0.4 is 21.7 Å². The summed E-state index contributed by atoms with van der Waals surface area (Å²) < 4.78 is 0. The van der Waals surface area contributed by atoms with E-state index >= 15 is 0 Å². The molecule has 1 aromatic carbocycles. The molecule has 1 saturated heterocycles. The van der Waals surface area contributed by atoms with Gasteiger partial charge < -0.3 is 21.7 Å². The van der Waals surface area contributed by atoms with Crippen LogP contribution in [0.5, 0.6) is 0 Å². The summed E-state index contributed by atoms with van der Waals surface area (Å²) in [5, 5.41) is 9.89. The van der Waals surface area contributed by atoms with E-state index in [-0.39, 0.29) is 23.9 Å². The van der Waals surface area contributed by atoms with Crippen molar-refractivity contribution in [2.75, 3.05) is 12.3 Å². The number of pyridine rings is 1. The summed E-state index contributed by atoms with van der Waals surface area (Å²) in [5.74, 6) is 0.506. The van der Waals surface area contributed by atoms with Crippen LogP contribution in [-0.2, 0) is 22.4 Å². The molecule has 4 atom stereocenters. The quantitative estimate of drug-likeness (QED) is 0.549. The molecule has 2 aromatic rings. The summed E-state index contributed by atoms with van der Waals surface area (Å²) in [7, 11) is 0. The highest BCUT2D eigenvalue weighted by atomic mass is 35.5. The number of halogens is 1. The molecule has 1 aliphatic carbocycles. The molecule has 5 N–H and O–H groups in total. The van der Waals surface area contributed by atoms with Gasteiger partial charge in [0.1, 0.15) is 11.9 Å². The molecular formula is C23H28ClN5O2. The van der Waals surface area contributed by atoms with Crippen molar-refractivity contribution < 1.29 is 9.59 Å². The van der Waals surface area contributed by atoms with E-state index < -0.39 is 6.04 Å². The Balaban J connectivity index is 1.26. The van der Waals surface area contributed by atoms with Crippen LogP contribution in [0.4, 0.5) is 5.82 Å². The van der Waals surface area contributed by atoms with Crippen LogP contribution in [0.2, 0.25) is 5.02 Å². The Labute approximate surface area is 187 Å². The van der Waals surface area contributed by atoms with Crippen LogP contribution >= 0.6 is 11.6 Å². The molecule has 0 saturated carbocycles. The van der Waals surface area contributed by atoms with Crippen molar-refractivity contribution >= 4 is 29.2 Å². The number of fused-ring (bicyclic) bond motifs is 1. The maximum absolute atomic E-state index is 12.7. The zero-order chi connectivity index (χ0) is 22.0. The minimum absolute atomic E-state index is 0.0957. The molecule has 164 valence electrons. The Morgan fingerprint density at radius 3 is 2.97 bits per heavy atom. The van der Waals surface area contributed by atoms with Gasteiger partial charge in [-0.2, -0.15) is 0 Å². The van der Waals surface area contributed by atoms with E-state index in [1.165, 1.54) is 5.56 Å². The zero-order valence-electron chi connectivity index (χ0n) is 17.5. The summed E-state index contributed by atoms with van der Waals surface area (Å²) in [4.78, 5) is 29.7.